The van der Waals surface area contributed by atoms with E-state index in [1.165, 1.54) is 0 Å². The third-order valence-electron chi connectivity index (χ3n) is 5.56. The maximum absolute atomic E-state index is 13.4. The number of hydrogen-bond acceptors (Lipinski definition) is 4. The lowest BCUT2D eigenvalue weighted by atomic mass is 10.1. The highest BCUT2D eigenvalue weighted by Gasteiger charge is 2.27. The molecule has 0 bridgehead atoms. The molecule has 3 aromatic carbocycles. The van der Waals surface area contributed by atoms with E-state index in [0.29, 0.717) is 37.3 Å². The first-order chi connectivity index (χ1) is 15.2. The van der Waals surface area contributed by atoms with E-state index in [2.05, 4.69) is 0 Å². The normalized spacial score (nSPS) is 14.1. The lowest BCUT2D eigenvalue weighted by Crippen LogP contribution is -2.50. The molecule has 0 N–H and O–H groups in total. The number of amides is 2. The molecule has 2 amide bonds. The molecule has 154 valence electrons. The number of para-hydroxylation sites is 1. The molecule has 1 aromatic heterocycles. The highest BCUT2D eigenvalue weighted by molar-refractivity contribution is 7.21. The van der Waals surface area contributed by atoms with Crippen LogP contribution in [-0.2, 0) is 0 Å². The van der Waals surface area contributed by atoms with Gasteiger partial charge in [0.2, 0.25) is 0 Å². The molecule has 1 aliphatic rings. The predicted octanol–water partition coefficient (Wildman–Crippen LogP) is 4.56. The molecule has 1 saturated heterocycles. The molecule has 2 heterocycles. The molecule has 31 heavy (non-hydrogen) atoms. The summed E-state index contributed by atoms with van der Waals surface area (Å²) in [4.78, 5) is 34.4. The van der Waals surface area contributed by atoms with Crippen molar-refractivity contribution in [3.8, 4) is 10.6 Å². The fourth-order valence-electron chi connectivity index (χ4n) is 3.89. The van der Waals surface area contributed by atoms with E-state index in [0.717, 1.165) is 20.8 Å². The molecule has 5 rings (SSSR count). The van der Waals surface area contributed by atoms with Gasteiger partial charge in [0.15, 0.2) is 0 Å². The number of aromatic nitrogens is 1. The number of thiazole rings is 1. The highest BCUT2D eigenvalue weighted by atomic mass is 32.1. The number of nitrogens with zero attached hydrogens (tertiary/aromatic N) is 3. The lowest BCUT2D eigenvalue weighted by molar-refractivity contribution is 0.0536. The Morgan fingerprint density at radius 3 is 2.06 bits per heavy atom. The Hall–Kier alpha value is -3.51. The maximum atomic E-state index is 13.4. The maximum Gasteiger partial charge on any atom is 0.254 e. The van der Waals surface area contributed by atoms with Gasteiger partial charge in [-0.15, -0.1) is 11.3 Å². The average Bonchev–Trinajstić information content (AvgIpc) is 3.28. The smallest absolute Gasteiger partial charge is 0.254 e. The Morgan fingerprint density at radius 2 is 1.32 bits per heavy atom. The van der Waals surface area contributed by atoms with Crippen LogP contribution in [0.2, 0.25) is 0 Å². The Bertz CT molecular complexity index is 1210. The number of carbonyl (C=O) groups excluding carboxylic acids is 2. The van der Waals surface area contributed by atoms with Gasteiger partial charge in [0.25, 0.3) is 11.8 Å². The van der Waals surface area contributed by atoms with Crippen LogP contribution in [0.4, 0.5) is 0 Å². The summed E-state index contributed by atoms with van der Waals surface area (Å²) >= 11 is 1.60. The van der Waals surface area contributed by atoms with Crippen molar-refractivity contribution in [2.24, 2.45) is 0 Å². The number of rotatable bonds is 3. The van der Waals surface area contributed by atoms with E-state index >= 15 is 0 Å². The van der Waals surface area contributed by atoms with Crippen LogP contribution in [0, 0.1) is 0 Å². The highest BCUT2D eigenvalue weighted by Crippen LogP contribution is 2.32. The summed E-state index contributed by atoms with van der Waals surface area (Å²) in [5, 5.41) is 0.850. The fourth-order valence-corrected chi connectivity index (χ4v) is 4.89. The van der Waals surface area contributed by atoms with Crippen LogP contribution in [0.1, 0.15) is 20.7 Å². The second-order valence-electron chi connectivity index (χ2n) is 7.48. The summed E-state index contributed by atoms with van der Waals surface area (Å²) in [5.41, 5.74) is 3.14. The summed E-state index contributed by atoms with van der Waals surface area (Å²) in [6, 6.07) is 24.9. The van der Waals surface area contributed by atoms with Crippen LogP contribution in [0.15, 0.2) is 78.9 Å². The Morgan fingerprint density at radius 1 is 0.710 bits per heavy atom. The van der Waals surface area contributed by atoms with Crippen LogP contribution in [0.5, 0.6) is 0 Å². The lowest BCUT2D eigenvalue weighted by Gasteiger charge is -2.35. The van der Waals surface area contributed by atoms with Crippen LogP contribution in [0.25, 0.3) is 20.8 Å². The first-order valence-electron chi connectivity index (χ1n) is 10.3. The number of fused-ring (bicyclic) bond motifs is 1. The van der Waals surface area contributed by atoms with Gasteiger partial charge in [-0.1, -0.05) is 48.5 Å². The zero-order valence-corrected chi connectivity index (χ0v) is 17.7. The van der Waals surface area contributed by atoms with E-state index in [1.807, 2.05) is 88.7 Å². The Kier molecular flexibility index (Phi) is 5.22. The van der Waals surface area contributed by atoms with Gasteiger partial charge >= 0.3 is 0 Å². The van der Waals surface area contributed by atoms with Gasteiger partial charge < -0.3 is 9.80 Å². The minimum atomic E-state index is -0.0123. The standard InChI is InChI=1S/C25H21N3O2S/c29-24(18-8-2-1-3-9-18)27-14-16-28(17-15-27)25(30)20-11-5-4-10-19(20)23-26-21-12-6-7-13-22(21)31-23/h1-13H,14-17H2. The predicted molar refractivity (Wildman–Crippen MR) is 123 cm³/mol. The fraction of sp³-hybridized carbons (Fsp3) is 0.160. The van der Waals surface area contributed by atoms with Gasteiger partial charge in [-0.2, -0.15) is 0 Å². The van der Waals surface area contributed by atoms with E-state index in [1.54, 1.807) is 11.3 Å². The first-order valence-corrected chi connectivity index (χ1v) is 11.1. The molecule has 0 aliphatic carbocycles. The van der Waals surface area contributed by atoms with Gasteiger partial charge in [-0.05, 0) is 30.3 Å². The largest absolute Gasteiger partial charge is 0.335 e. The van der Waals surface area contributed by atoms with Gasteiger partial charge in [-0.3, -0.25) is 9.59 Å². The molecule has 0 unspecified atom stereocenters. The van der Waals surface area contributed by atoms with Crippen molar-refractivity contribution in [3.63, 3.8) is 0 Å². The second kappa shape index (κ2) is 8.32. The number of piperazine rings is 1. The molecule has 0 spiro atoms. The second-order valence-corrected chi connectivity index (χ2v) is 8.51. The minimum absolute atomic E-state index is 0.0123. The van der Waals surface area contributed by atoms with Crippen LogP contribution in [0.3, 0.4) is 0 Å². The quantitative estimate of drug-likeness (QED) is 0.482. The van der Waals surface area contributed by atoms with Crippen LogP contribution in [-0.4, -0.2) is 52.8 Å². The van der Waals surface area contributed by atoms with Crippen LogP contribution < -0.4 is 0 Å². The van der Waals surface area contributed by atoms with Crippen molar-refractivity contribution in [3.05, 3.63) is 90.0 Å². The SMILES string of the molecule is O=C(c1ccccc1)N1CCN(C(=O)c2ccccc2-c2nc3ccccc3s2)CC1. The summed E-state index contributed by atoms with van der Waals surface area (Å²) in [7, 11) is 0. The van der Waals surface area contributed by atoms with Gasteiger partial charge in [0, 0.05) is 42.9 Å². The average molecular weight is 428 g/mol. The molecule has 0 atom stereocenters. The number of carbonyl (C=O) groups is 2. The first kappa shape index (κ1) is 19.5. The molecule has 0 saturated carbocycles. The third-order valence-corrected chi connectivity index (χ3v) is 6.63. The summed E-state index contributed by atoms with van der Waals surface area (Å²) in [6.07, 6.45) is 0. The summed E-state index contributed by atoms with van der Waals surface area (Å²) in [5.74, 6) is 0.00393. The van der Waals surface area contributed by atoms with Crippen molar-refractivity contribution in [2.45, 2.75) is 0 Å². The van der Waals surface area contributed by atoms with E-state index in [4.69, 9.17) is 4.98 Å². The zero-order valence-electron chi connectivity index (χ0n) is 16.9. The monoisotopic (exact) mass is 427 g/mol. The molecule has 0 radical (unpaired) electrons. The van der Waals surface area contributed by atoms with Crippen molar-refractivity contribution in [1.29, 1.82) is 0 Å². The third kappa shape index (κ3) is 3.82. The molecule has 1 aliphatic heterocycles. The zero-order chi connectivity index (χ0) is 21.2. The van der Waals surface area contributed by atoms with E-state index < -0.39 is 0 Å². The molecule has 6 heteroatoms. The Balaban J connectivity index is 1.34. The van der Waals surface area contributed by atoms with E-state index in [-0.39, 0.29) is 11.8 Å². The van der Waals surface area contributed by atoms with Crippen molar-refractivity contribution in [2.75, 3.05) is 26.2 Å². The van der Waals surface area contributed by atoms with Gasteiger partial charge in [-0.25, -0.2) is 4.98 Å². The summed E-state index contributed by atoms with van der Waals surface area (Å²) in [6.45, 7) is 2.10. The van der Waals surface area contributed by atoms with Crippen LogP contribution >= 0.6 is 11.3 Å². The van der Waals surface area contributed by atoms with Crippen molar-refractivity contribution >= 4 is 33.4 Å². The molecular weight excluding hydrogens is 406 g/mol. The molecule has 1 fully saturated rings. The van der Waals surface area contributed by atoms with Crippen molar-refractivity contribution < 1.29 is 9.59 Å². The number of benzene rings is 3. The van der Waals surface area contributed by atoms with Crippen molar-refractivity contribution in [1.82, 2.24) is 14.8 Å². The molecular formula is C25H21N3O2S. The number of hydrogen-bond donors (Lipinski definition) is 0. The summed E-state index contributed by atoms with van der Waals surface area (Å²) < 4.78 is 1.10. The van der Waals surface area contributed by atoms with Gasteiger partial charge in [0.1, 0.15) is 5.01 Å². The minimum Gasteiger partial charge on any atom is -0.335 e. The van der Waals surface area contributed by atoms with Gasteiger partial charge in [0.05, 0.1) is 10.2 Å². The molecule has 5 nitrogen and oxygen atoms in total. The Labute approximate surface area is 184 Å². The molecule has 4 aromatic rings. The topological polar surface area (TPSA) is 53.5 Å². The van der Waals surface area contributed by atoms with E-state index in [9.17, 15) is 9.59 Å².